The summed E-state index contributed by atoms with van der Waals surface area (Å²) >= 11 is 0. The lowest BCUT2D eigenvalue weighted by atomic mass is 9.81. The van der Waals surface area contributed by atoms with Crippen LogP contribution in [0, 0.1) is 5.82 Å². The van der Waals surface area contributed by atoms with E-state index >= 15 is 0 Å². The highest BCUT2D eigenvalue weighted by Crippen LogP contribution is 2.36. The van der Waals surface area contributed by atoms with Crippen molar-refractivity contribution in [1.82, 2.24) is 5.32 Å². The molecule has 1 aromatic rings. The van der Waals surface area contributed by atoms with Crippen LogP contribution in [0.4, 0.5) is 4.39 Å². The van der Waals surface area contributed by atoms with Gasteiger partial charge in [0.1, 0.15) is 5.82 Å². The minimum Gasteiger partial charge on any atom is -0.383 e. The van der Waals surface area contributed by atoms with Gasteiger partial charge >= 0.3 is 0 Å². The first-order valence-electron chi connectivity index (χ1n) is 8.53. The summed E-state index contributed by atoms with van der Waals surface area (Å²) < 4.78 is 14.1. The number of hydrogen-bond donors (Lipinski definition) is 1. The first-order valence-corrected chi connectivity index (χ1v) is 8.53. The second kappa shape index (κ2) is 5.91. The molecule has 120 valence electrons. The number of ketones is 1. The molecule has 3 nitrogen and oxygen atoms in total. The van der Waals surface area contributed by atoms with Crippen molar-refractivity contribution in [2.45, 2.75) is 56.5 Å². The second-order valence-corrected chi connectivity index (χ2v) is 6.82. The third-order valence-electron chi connectivity index (χ3n) is 5.34. The summed E-state index contributed by atoms with van der Waals surface area (Å²) in [5.41, 5.74) is 2.33. The molecule has 0 bridgehead atoms. The van der Waals surface area contributed by atoms with Crippen LogP contribution >= 0.6 is 0 Å². The van der Waals surface area contributed by atoms with Gasteiger partial charge in [-0.1, -0.05) is 31.0 Å². The van der Waals surface area contributed by atoms with Crippen molar-refractivity contribution in [2.75, 3.05) is 0 Å². The van der Waals surface area contributed by atoms with E-state index in [0.29, 0.717) is 30.0 Å². The van der Waals surface area contributed by atoms with Gasteiger partial charge in [0.25, 0.3) is 0 Å². The quantitative estimate of drug-likeness (QED) is 0.862. The number of carbonyl (C=O) groups is 1. The van der Waals surface area contributed by atoms with E-state index in [9.17, 15) is 9.18 Å². The highest BCUT2D eigenvalue weighted by atomic mass is 19.1. The molecule has 23 heavy (non-hydrogen) atoms. The Labute approximate surface area is 135 Å². The van der Waals surface area contributed by atoms with Gasteiger partial charge in [0.05, 0.1) is 11.6 Å². The number of nitrogens with one attached hydrogen (secondary N) is 1. The zero-order valence-electron chi connectivity index (χ0n) is 13.1. The molecule has 1 fully saturated rings. The normalized spacial score (nSPS) is 30.3. The molecule has 1 N–H and O–H groups in total. The topological polar surface area (TPSA) is 41.5 Å². The molecular formula is C19H21FN2O. The largest absolute Gasteiger partial charge is 0.383 e. The van der Waals surface area contributed by atoms with E-state index < -0.39 is 0 Å². The molecule has 1 aromatic carbocycles. The molecule has 0 amide bonds. The molecule has 0 unspecified atom stereocenters. The lowest BCUT2D eigenvalue weighted by Crippen LogP contribution is -2.41. The number of benzene rings is 1. The highest BCUT2D eigenvalue weighted by molar-refractivity contribution is 6.15. The Hall–Kier alpha value is -1.97. The third kappa shape index (κ3) is 2.71. The van der Waals surface area contributed by atoms with E-state index in [1.807, 2.05) is 6.07 Å². The van der Waals surface area contributed by atoms with Crippen molar-refractivity contribution >= 4 is 12.0 Å². The van der Waals surface area contributed by atoms with Crippen molar-refractivity contribution in [3.63, 3.8) is 0 Å². The zero-order chi connectivity index (χ0) is 15.8. The number of hydrogen-bond acceptors (Lipinski definition) is 3. The summed E-state index contributed by atoms with van der Waals surface area (Å²) in [6, 6.07) is 7.40. The fourth-order valence-corrected chi connectivity index (χ4v) is 4.10. The van der Waals surface area contributed by atoms with Gasteiger partial charge in [-0.2, -0.15) is 0 Å². The van der Waals surface area contributed by atoms with Crippen LogP contribution in [-0.4, -0.2) is 24.1 Å². The fraction of sp³-hybridized carbons (Fsp3) is 0.474. The van der Waals surface area contributed by atoms with Crippen molar-refractivity contribution in [2.24, 2.45) is 4.99 Å². The summed E-state index contributed by atoms with van der Waals surface area (Å²) in [6.07, 6.45) is 7.42. The molecular weight excluding hydrogens is 291 g/mol. The molecule has 0 radical (unpaired) electrons. The van der Waals surface area contributed by atoms with Crippen LogP contribution in [0.25, 0.3) is 0 Å². The molecule has 2 aliphatic carbocycles. The van der Waals surface area contributed by atoms with E-state index in [2.05, 4.69) is 10.3 Å². The molecule has 1 aliphatic heterocycles. The Balaban J connectivity index is 1.64. The number of halogens is 1. The maximum Gasteiger partial charge on any atom is 0.166 e. The van der Waals surface area contributed by atoms with Crippen molar-refractivity contribution < 1.29 is 9.18 Å². The summed E-state index contributed by atoms with van der Waals surface area (Å²) in [5.74, 6) is -0.218. The molecule has 3 aliphatic rings. The number of nitrogens with zero attached hydrogens (tertiary/aromatic N) is 1. The Kier molecular flexibility index (Phi) is 3.76. The summed E-state index contributed by atoms with van der Waals surface area (Å²) in [7, 11) is 0. The Bertz CT molecular complexity index is 694. The Morgan fingerprint density at radius 3 is 2.83 bits per heavy atom. The van der Waals surface area contributed by atoms with Crippen LogP contribution in [0.1, 0.15) is 50.0 Å². The van der Waals surface area contributed by atoms with Crippen LogP contribution in [0.2, 0.25) is 0 Å². The minimum atomic E-state index is -0.216. The molecule has 3 atom stereocenters. The van der Waals surface area contributed by atoms with Gasteiger partial charge in [0.15, 0.2) is 5.78 Å². The monoisotopic (exact) mass is 312 g/mol. The Morgan fingerprint density at radius 1 is 1.13 bits per heavy atom. The maximum absolute atomic E-state index is 14.1. The van der Waals surface area contributed by atoms with Gasteiger partial charge in [-0.05, 0) is 36.8 Å². The average molecular weight is 312 g/mol. The molecule has 0 aromatic heterocycles. The molecule has 0 saturated heterocycles. The second-order valence-electron chi connectivity index (χ2n) is 6.82. The smallest absolute Gasteiger partial charge is 0.166 e. The predicted octanol–water partition coefficient (Wildman–Crippen LogP) is 3.51. The fourth-order valence-electron chi connectivity index (χ4n) is 4.10. The van der Waals surface area contributed by atoms with Crippen molar-refractivity contribution in [3.8, 4) is 0 Å². The van der Waals surface area contributed by atoms with Crippen LogP contribution in [-0.2, 0) is 4.79 Å². The van der Waals surface area contributed by atoms with E-state index in [0.717, 1.165) is 18.5 Å². The van der Waals surface area contributed by atoms with Gasteiger partial charge < -0.3 is 5.32 Å². The SMILES string of the molecule is O=C1C[C@H](c2ccccc2F)CC2=C1C=N[C@H]1CCCC[C@H]1N2. The summed E-state index contributed by atoms with van der Waals surface area (Å²) in [5, 5.41) is 3.58. The number of fused-ring (bicyclic) bond motifs is 1. The van der Waals surface area contributed by atoms with Crippen molar-refractivity contribution in [3.05, 3.63) is 46.9 Å². The first-order chi connectivity index (χ1) is 11.2. The van der Waals surface area contributed by atoms with Gasteiger partial charge in [0.2, 0.25) is 0 Å². The first kappa shape index (κ1) is 14.6. The van der Waals surface area contributed by atoms with Crippen LogP contribution in [0.5, 0.6) is 0 Å². The van der Waals surface area contributed by atoms with Crippen LogP contribution < -0.4 is 5.32 Å². The number of Topliss-reactive ketones (excluding diaryl/α,β-unsaturated/α-hetero) is 1. The van der Waals surface area contributed by atoms with E-state index in [1.54, 1.807) is 18.3 Å². The number of carbonyl (C=O) groups excluding carboxylic acids is 1. The third-order valence-corrected chi connectivity index (χ3v) is 5.34. The van der Waals surface area contributed by atoms with Crippen LogP contribution in [0.3, 0.4) is 0 Å². The number of aliphatic imine (C=N–C) groups is 1. The Morgan fingerprint density at radius 2 is 1.96 bits per heavy atom. The lowest BCUT2D eigenvalue weighted by Gasteiger charge is -2.32. The molecule has 1 heterocycles. The summed E-state index contributed by atoms with van der Waals surface area (Å²) in [4.78, 5) is 17.2. The highest BCUT2D eigenvalue weighted by Gasteiger charge is 2.34. The maximum atomic E-state index is 14.1. The van der Waals surface area contributed by atoms with E-state index in [1.165, 1.54) is 18.9 Å². The van der Waals surface area contributed by atoms with E-state index in [-0.39, 0.29) is 23.6 Å². The zero-order valence-corrected chi connectivity index (χ0v) is 13.1. The lowest BCUT2D eigenvalue weighted by molar-refractivity contribution is -0.115. The van der Waals surface area contributed by atoms with Gasteiger partial charge in [-0.25, -0.2) is 4.39 Å². The number of rotatable bonds is 1. The molecule has 0 spiro atoms. The molecule has 1 saturated carbocycles. The number of allylic oxidation sites excluding steroid dienone is 2. The van der Waals surface area contributed by atoms with E-state index in [4.69, 9.17) is 0 Å². The molecule has 4 rings (SSSR count). The summed E-state index contributed by atoms with van der Waals surface area (Å²) in [6.45, 7) is 0. The van der Waals surface area contributed by atoms with Crippen molar-refractivity contribution in [1.29, 1.82) is 0 Å². The van der Waals surface area contributed by atoms with Crippen LogP contribution in [0.15, 0.2) is 40.5 Å². The van der Waals surface area contributed by atoms with Gasteiger partial charge in [0, 0.05) is 24.4 Å². The van der Waals surface area contributed by atoms with Gasteiger partial charge in [-0.15, -0.1) is 0 Å². The average Bonchev–Trinajstić information content (AvgIpc) is 2.74. The predicted molar refractivity (Wildman–Crippen MR) is 88.1 cm³/mol. The molecule has 4 heteroatoms. The minimum absolute atomic E-state index is 0.0781. The van der Waals surface area contributed by atoms with Gasteiger partial charge in [-0.3, -0.25) is 9.79 Å². The standard InChI is InChI=1S/C19H21FN2O/c20-15-6-2-1-5-13(15)12-9-18-14(19(23)10-12)11-21-16-7-3-4-8-17(16)22-18/h1-2,5-6,11-12,16-17,22H,3-4,7-10H2/t12-,16+,17-/m1/s1.